The first-order chi connectivity index (χ1) is 12.1. The molecule has 1 N–H and O–H groups in total. The van der Waals surface area contributed by atoms with Gasteiger partial charge in [0.1, 0.15) is 0 Å². The second-order valence-corrected chi connectivity index (χ2v) is 6.50. The van der Waals surface area contributed by atoms with E-state index < -0.39 is 0 Å². The number of ether oxygens (including phenoxy) is 2. The van der Waals surface area contributed by atoms with Crippen molar-refractivity contribution in [1.29, 1.82) is 0 Å². The van der Waals surface area contributed by atoms with Crippen molar-refractivity contribution in [3.8, 4) is 11.5 Å². The summed E-state index contributed by atoms with van der Waals surface area (Å²) in [5.74, 6) is 0.895. The van der Waals surface area contributed by atoms with E-state index in [9.17, 15) is 4.79 Å². The first-order valence-electron chi connectivity index (χ1n) is 7.37. The molecule has 3 aromatic rings. The summed E-state index contributed by atoms with van der Waals surface area (Å²) in [5, 5.41) is 3.91. The van der Waals surface area contributed by atoms with Crippen molar-refractivity contribution in [3.63, 3.8) is 0 Å². The van der Waals surface area contributed by atoms with Gasteiger partial charge in [0, 0.05) is 16.7 Å². The monoisotopic (exact) mass is 374 g/mol. The Morgan fingerprint density at radius 1 is 1.24 bits per heavy atom. The van der Waals surface area contributed by atoms with E-state index in [0.717, 1.165) is 15.8 Å². The van der Waals surface area contributed by atoms with Crippen LogP contribution < -0.4 is 14.8 Å². The maximum atomic E-state index is 12.2. The lowest BCUT2D eigenvalue weighted by Gasteiger charge is -2.09. The normalized spacial score (nSPS) is 11.0. The smallest absolute Gasteiger partial charge is 0.250 e. The summed E-state index contributed by atoms with van der Waals surface area (Å²) in [6.45, 7) is 0. The van der Waals surface area contributed by atoms with E-state index in [1.807, 2.05) is 24.3 Å². The zero-order valence-corrected chi connectivity index (χ0v) is 15.1. The van der Waals surface area contributed by atoms with E-state index in [1.54, 1.807) is 32.4 Å². The molecule has 0 aliphatic rings. The average molecular weight is 375 g/mol. The summed E-state index contributed by atoms with van der Waals surface area (Å²) >= 11 is 7.33. The molecule has 2 aromatic carbocycles. The molecule has 0 saturated heterocycles. The molecule has 3 rings (SSSR count). The number of carbonyl (C=O) groups is 1. The predicted molar refractivity (Wildman–Crippen MR) is 102 cm³/mol. The van der Waals surface area contributed by atoms with Gasteiger partial charge < -0.3 is 9.47 Å². The van der Waals surface area contributed by atoms with Gasteiger partial charge in [-0.1, -0.05) is 35.1 Å². The summed E-state index contributed by atoms with van der Waals surface area (Å²) in [6, 6.07) is 10.9. The number of nitrogens with zero attached hydrogens (tertiary/aromatic N) is 1. The van der Waals surface area contributed by atoms with Crippen LogP contribution in [0.2, 0.25) is 5.02 Å². The van der Waals surface area contributed by atoms with Crippen LogP contribution in [0.1, 0.15) is 5.56 Å². The molecule has 1 aromatic heterocycles. The summed E-state index contributed by atoms with van der Waals surface area (Å²) in [7, 11) is 3.12. The van der Waals surface area contributed by atoms with Crippen LogP contribution in [0.5, 0.6) is 11.5 Å². The highest BCUT2D eigenvalue weighted by molar-refractivity contribution is 7.22. The van der Waals surface area contributed by atoms with E-state index in [1.165, 1.54) is 17.4 Å². The zero-order valence-electron chi connectivity index (χ0n) is 13.6. The van der Waals surface area contributed by atoms with E-state index in [-0.39, 0.29) is 5.91 Å². The maximum Gasteiger partial charge on any atom is 0.250 e. The van der Waals surface area contributed by atoms with E-state index in [0.29, 0.717) is 21.7 Å². The van der Waals surface area contributed by atoms with Crippen LogP contribution in [0.25, 0.3) is 16.3 Å². The molecule has 0 fully saturated rings. The first-order valence-corrected chi connectivity index (χ1v) is 8.56. The van der Waals surface area contributed by atoms with Crippen LogP contribution in [0.15, 0.2) is 42.5 Å². The fourth-order valence-corrected chi connectivity index (χ4v) is 3.45. The Morgan fingerprint density at radius 3 is 2.84 bits per heavy atom. The Morgan fingerprint density at radius 2 is 2.08 bits per heavy atom. The van der Waals surface area contributed by atoms with Gasteiger partial charge in [-0.05, 0) is 30.3 Å². The first kappa shape index (κ1) is 17.3. The van der Waals surface area contributed by atoms with Crippen LogP contribution in [0.4, 0.5) is 5.13 Å². The van der Waals surface area contributed by atoms with Crippen molar-refractivity contribution < 1.29 is 14.3 Å². The number of methoxy groups -OCH3 is 2. The molecular formula is C18H15ClN2O3S. The number of thiazole rings is 1. The van der Waals surface area contributed by atoms with Crippen LogP contribution in [0.3, 0.4) is 0 Å². The SMILES string of the molecule is COc1cccc(/C=C/C(=O)Nc2nc3ccc(Cl)cc3s2)c1OC. The Hall–Kier alpha value is -2.57. The van der Waals surface area contributed by atoms with Gasteiger partial charge in [-0.3, -0.25) is 10.1 Å². The summed E-state index contributed by atoms with van der Waals surface area (Å²) in [6.07, 6.45) is 3.09. The lowest BCUT2D eigenvalue weighted by Crippen LogP contribution is -2.07. The molecular weight excluding hydrogens is 360 g/mol. The molecule has 25 heavy (non-hydrogen) atoms. The van der Waals surface area contributed by atoms with E-state index in [4.69, 9.17) is 21.1 Å². The summed E-state index contributed by atoms with van der Waals surface area (Å²) < 4.78 is 11.5. The van der Waals surface area contributed by atoms with Gasteiger partial charge in [0.2, 0.25) is 5.91 Å². The van der Waals surface area contributed by atoms with Crippen molar-refractivity contribution in [1.82, 2.24) is 4.98 Å². The lowest BCUT2D eigenvalue weighted by molar-refractivity contribution is -0.111. The molecule has 1 heterocycles. The van der Waals surface area contributed by atoms with Crippen molar-refractivity contribution in [2.75, 3.05) is 19.5 Å². The van der Waals surface area contributed by atoms with Crippen molar-refractivity contribution in [2.45, 2.75) is 0 Å². The topological polar surface area (TPSA) is 60.5 Å². The number of rotatable bonds is 5. The number of hydrogen-bond acceptors (Lipinski definition) is 5. The van der Waals surface area contributed by atoms with Crippen molar-refractivity contribution in [2.24, 2.45) is 0 Å². The number of carbonyl (C=O) groups excluding carboxylic acids is 1. The molecule has 1 amide bonds. The van der Waals surface area contributed by atoms with Gasteiger partial charge in [-0.15, -0.1) is 0 Å². The maximum absolute atomic E-state index is 12.2. The number of fused-ring (bicyclic) bond motifs is 1. The molecule has 0 bridgehead atoms. The van der Waals surface area contributed by atoms with E-state index in [2.05, 4.69) is 10.3 Å². The van der Waals surface area contributed by atoms with Crippen LogP contribution >= 0.6 is 22.9 Å². The van der Waals surface area contributed by atoms with Crippen LogP contribution in [-0.2, 0) is 4.79 Å². The van der Waals surface area contributed by atoms with E-state index >= 15 is 0 Å². The summed E-state index contributed by atoms with van der Waals surface area (Å²) in [4.78, 5) is 16.5. The number of anilines is 1. The minimum Gasteiger partial charge on any atom is -0.493 e. The minimum absolute atomic E-state index is 0.282. The quantitative estimate of drug-likeness (QED) is 0.662. The molecule has 0 radical (unpaired) electrons. The number of hydrogen-bond donors (Lipinski definition) is 1. The number of benzene rings is 2. The van der Waals surface area contributed by atoms with Gasteiger partial charge in [0.25, 0.3) is 0 Å². The van der Waals surface area contributed by atoms with Gasteiger partial charge in [0.05, 0.1) is 24.4 Å². The standard InChI is InChI=1S/C18H15ClN2O3S/c1-23-14-5-3-4-11(17(14)24-2)6-9-16(22)21-18-20-13-8-7-12(19)10-15(13)25-18/h3-10H,1-2H3,(H,20,21,22)/b9-6+. The molecule has 0 saturated carbocycles. The fraction of sp³-hybridized carbons (Fsp3) is 0.111. The molecule has 0 unspecified atom stereocenters. The zero-order chi connectivity index (χ0) is 17.8. The lowest BCUT2D eigenvalue weighted by atomic mass is 10.1. The predicted octanol–water partition coefficient (Wildman–Crippen LogP) is 4.62. The minimum atomic E-state index is -0.282. The van der Waals surface area contributed by atoms with Crippen molar-refractivity contribution >= 4 is 50.3 Å². The van der Waals surface area contributed by atoms with Crippen LogP contribution in [-0.4, -0.2) is 25.1 Å². The molecule has 128 valence electrons. The van der Waals surface area contributed by atoms with Gasteiger partial charge in [-0.2, -0.15) is 0 Å². The Bertz CT molecular complexity index is 953. The third-order valence-electron chi connectivity index (χ3n) is 3.43. The fourth-order valence-electron chi connectivity index (χ4n) is 2.31. The number of halogens is 1. The Kier molecular flexibility index (Phi) is 5.21. The van der Waals surface area contributed by atoms with Gasteiger partial charge in [0.15, 0.2) is 16.6 Å². The Balaban J connectivity index is 1.76. The molecule has 0 atom stereocenters. The van der Waals surface area contributed by atoms with Crippen LogP contribution in [0, 0.1) is 0 Å². The summed E-state index contributed by atoms with van der Waals surface area (Å²) in [5.41, 5.74) is 1.54. The highest BCUT2D eigenvalue weighted by Gasteiger charge is 2.09. The molecule has 7 heteroatoms. The third kappa shape index (κ3) is 3.92. The number of nitrogens with one attached hydrogen (secondary N) is 1. The molecule has 0 aliphatic heterocycles. The number of amides is 1. The van der Waals surface area contributed by atoms with Crippen molar-refractivity contribution in [3.05, 3.63) is 53.1 Å². The number of para-hydroxylation sites is 1. The molecule has 0 spiro atoms. The third-order valence-corrected chi connectivity index (χ3v) is 4.60. The second-order valence-electron chi connectivity index (χ2n) is 5.04. The van der Waals surface area contributed by atoms with Gasteiger partial charge >= 0.3 is 0 Å². The molecule has 0 aliphatic carbocycles. The highest BCUT2D eigenvalue weighted by atomic mass is 35.5. The molecule has 5 nitrogen and oxygen atoms in total. The average Bonchev–Trinajstić information content (AvgIpc) is 3.00. The highest BCUT2D eigenvalue weighted by Crippen LogP contribution is 2.31. The largest absolute Gasteiger partial charge is 0.493 e. The Labute approximate surface area is 153 Å². The second kappa shape index (κ2) is 7.55. The van der Waals surface area contributed by atoms with Gasteiger partial charge in [-0.25, -0.2) is 4.98 Å². The number of aromatic nitrogens is 1.